The fourth-order valence-electron chi connectivity index (χ4n) is 1.30. The molecule has 0 spiro atoms. The summed E-state index contributed by atoms with van der Waals surface area (Å²) < 4.78 is 32.3. The molecule has 0 bridgehead atoms. The van der Waals surface area contributed by atoms with E-state index in [4.69, 9.17) is 9.52 Å². The maximum absolute atomic E-state index is 12.0. The monoisotopic (exact) mass is 349 g/mol. The van der Waals surface area contributed by atoms with Gasteiger partial charge in [0.1, 0.15) is 4.90 Å². The fourth-order valence-corrected chi connectivity index (χ4v) is 3.24. The van der Waals surface area contributed by atoms with Gasteiger partial charge in [-0.05, 0) is 15.9 Å². The SMILES string of the molecule is Cn1ccc(NS(=O)(=O)c2cc(C(=O)O)oc2Br)n1. The van der Waals surface area contributed by atoms with Crippen LogP contribution < -0.4 is 4.72 Å². The van der Waals surface area contributed by atoms with Gasteiger partial charge in [-0.15, -0.1) is 0 Å². The first-order valence-electron chi connectivity index (χ1n) is 4.84. The summed E-state index contributed by atoms with van der Waals surface area (Å²) in [5, 5.41) is 12.6. The minimum absolute atomic E-state index is 0.118. The molecule has 10 heteroatoms. The average molecular weight is 350 g/mol. The molecule has 2 N–H and O–H groups in total. The number of halogens is 1. The van der Waals surface area contributed by atoms with E-state index in [1.165, 1.54) is 10.7 Å². The van der Waals surface area contributed by atoms with Gasteiger partial charge in [0.2, 0.25) is 5.76 Å². The highest BCUT2D eigenvalue weighted by molar-refractivity contribution is 9.10. The summed E-state index contributed by atoms with van der Waals surface area (Å²) in [6.45, 7) is 0. The van der Waals surface area contributed by atoms with Crippen molar-refractivity contribution in [3.8, 4) is 0 Å². The van der Waals surface area contributed by atoms with Crippen LogP contribution in [0, 0.1) is 0 Å². The Hall–Kier alpha value is -1.81. The van der Waals surface area contributed by atoms with Crippen LogP contribution in [0.15, 0.2) is 32.3 Å². The number of furan rings is 1. The highest BCUT2D eigenvalue weighted by Gasteiger charge is 2.25. The van der Waals surface area contributed by atoms with Gasteiger partial charge < -0.3 is 9.52 Å². The van der Waals surface area contributed by atoms with E-state index in [9.17, 15) is 13.2 Å². The maximum atomic E-state index is 12.0. The third kappa shape index (κ3) is 2.79. The molecule has 0 saturated heterocycles. The summed E-state index contributed by atoms with van der Waals surface area (Å²) in [6, 6.07) is 2.38. The van der Waals surface area contributed by atoms with E-state index in [1.807, 2.05) is 0 Å². The molecule has 0 unspecified atom stereocenters. The van der Waals surface area contributed by atoms with Crippen LogP contribution in [0.3, 0.4) is 0 Å². The predicted octanol–water partition coefficient (Wildman–Crippen LogP) is 1.27. The third-order valence-electron chi connectivity index (χ3n) is 2.11. The van der Waals surface area contributed by atoms with Crippen LogP contribution in [0.5, 0.6) is 0 Å². The van der Waals surface area contributed by atoms with Gasteiger partial charge in [0, 0.05) is 25.4 Å². The topological polar surface area (TPSA) is 114 Å². The summed E-state index contributed by atoms with van der Waals surface area (Å²) in [5.74, 6) is -1.72. The summed E-state index contributed by atoms with van der Waals surface area (Å²) >= 11 is 2.87. The van der Waals surface area contributed by atoms with Crippen LogP contribution in [-0.2, 0) is 17.1 Å². The zero-order valence-electron chi connectivity index (χ0n) is 9.49. The number of aryl methyl sites for hydroxylation is 1. The number of sulfonamides is 1. The lowest BCUT2D eigenvalue weighted by Crippen LogP contribution is -2.13. The summed E-state index contributed by atoms with van der Waals surface area (Å²) in [6.07, 6.45) is 1.56. The van der Waals surface area contributed by atoms with Crippen LogP contribution >= 0.6 is 15.9 Å². The van der Waals surface area contributed by atoms with Gasteiger partial charge in [0.25, 0.3) is 10.0 Å². The second-order valence-electron chi connectivity index (χ2n) is 3.53. The number of carboxylic acid groups (broad SMARTS) is 1. The first kappa shape index (κ1) is 13.6. The Labute approximate surface area is 116 Å². The Bertz CT molecular complexity index is 733. The van der Waals surface area contributed by atoms with E-state index in [0.29, 0.717) is 0 Å². The van der Waals surface area contributed by atoms with Crippen molar-refractivity contribution >= 4 is 37.7 Å². The number of aromatic nitrogens is 2. The number of anilines is 1. The molecule has 0 radical (unpaired) electrons. The van der Waals surface area contributed by atoms with Crippen molar-refractivity contribution in [3.05, 3.63) is 28.8 Å². The molecule has 102 valence electrons. The molecule has 0 amide bonds. The lowest BCUT2D eigenvalue weighted by atomic mass is 10.5. The normalized spacial score (nSPS) is 11.5. The van der Waals surface area contributed by atoms with Gasteiger partial charge in [-0.2, -0.15) is 5.10 Å². The number of carboxylic acids is 1. The highest BCUT2D eigenvalue weighted by Crippen LogP contribution is 2.27. The van der Waals surface area contributed by atoms with E-state index < -0.39 is 21.8 Å². The minimum atomic E-state index is -3.97. The predicted molar refractivity (Wildman–Crippen MR) is 67.4 cm³/mol. The van der Waals surface area contributed by atoms with Gasteiger partial charge >= 0.3 is 5.97 Å². The average Bonchev–Trinajstić information content (AvgIpc) is 2.85. The molecular weight excluding hydrogens is 342 g/mol. The van der Waals surface area contributed by atoms with E-state index in [-0.39, 0.29) is 15.4 Å². The molecule has 0 aliphatic heterocycles. The standard InChI is InChI=1S/C9H8BrN3O5S/c1-13-3-2-7(11-13)12-19(16,17)6-4-5(9(14)15)18-8(6)10/h2-4H,1H3,(H,11,12)(H,14,15). The molecule has 0 aromatic carbocycles. The van der Waals surface area contributed by atoms with Crippen molar-refractivity contribution in [1.82, 2.24) is 9.78 Å². The van der Waals surface area contributed by atoms with Crippen molar-refractivity contribution in [1.29, 1.82) is 0 Å². The number of nitrogens with zero attached hydrogens (tertiary/aromatic N) is 2. The van der Waals surface area contributed by atoms with Crippen LogP contribution in [0.1, 0.15) is 10.6 Å². The number of nitrogens with one attached hydrogen (secondary N) is 1. The second kappa shape index (κ2) is 4.70. The van der Waals surface area contributed by atoms with Crippen molar-refractivity contribution in [2.45, 2.75) is 4.90 Å². The van der Waals surface area contributed by atoms with E-state index in [1.54, 1.807) is 13.2 Å². The highest BCUT2D eigenvalue weighted by atomic mass is 79.9. The first-order chi connectivity index (χ1) is 8.79. The Morgan fingerprint density at radius 1 is 1.58 bits per heavy atom. The molecule has 2 heterocycles. The van der Waals surface area contributed by atoms with Gasteiger partial charge in [-0.1, -0.05) is 0 Å². The Kier molecular flexibility index (Phi) is 3.37. The van der Waals surface area contributed by atoms with Gasteiger partial charge in [-0.3, -0.25) is 9.40 Å². The zero-order chi connectivity index (χ0) is 14.2. The Morgan fingerprint density at radius 2 is 2.26 bits per heavy atom. The number of aromatic carboxylic acids is 1. The number of hydrogen-bond donors (Lipinski definition) is 2. The fraction of sp³-hybridized carbons (Fsp3) is 0.111. The van der Waals surface area contributed by atoms with E-state index in [0.717, 1.165) is 6.07 Å². The van der Waals surface area contributed by atoms with E-state index in [2.05, 4.69) is 25.8 Å². The van der Waals surface area contributed by atoms with Crippen LogP contribution in [0.2, 0.25) is 0 Å². The molecule has 0 atom stereocenters. The number of rotatable bonds is 4. The smallest absolute Gasteiger partial charge is 0.371 e. The molecule has 2 aromatic rings. The lowest BCUT2D eigenvalue weighted by molar-refractivity contribution is 0.0661. The molecule has 8 nitrogen and oxygen atoms in total. The summed E-state index contributed by atoms with van der Waals surface area (Å²) in [4.78, 5) is 10.4. The van der Waals surface area contributed by atoms with Crippen molar-refractivity contribution < 1.29 is 22.7 Å². The molecule has 0 fully saturated rings. The Balaban J connectivity index is 2.37. The van der Waals surface area contributed by atoms with Crippen LogP contribution in [0.4, 0.5) is 5.82 Å². The summed E-state index contributed by atoms with van der Waals surface area (Å²) in [7, 11) is -2.34. The second-order valence-corrected chi connectivity index (χ2v) is 5.90. The molecular formula is C9H8BrN3O5S. The largest absolute Gasteiger partial charge is 0.475 e. The first-order valence-corrected chi connectivity index (χ1v) is 7.12. The van der Waals surface area contributed by atoms with Crippen LogP contribution in [0.25, 0.3) is 0 Å². The van der Waals surface area contributed by atoms with E-state index >= 15 is 0 Å². The number of hydrogen-bond acceptors (Lipinski definition) is 5. The molecule has 0 saturated carbocycles. The number of carbonyl (C=O) groups is 1. The van der Waals surface area contributed by atoms with Crippen LogP contribution in [-0.4, -0.2) is 29.3 Å². The van der Waals surface area contributed by atoms with Crippen molar-refractivity contribution in [3.63, 3.8) is 0 Å². The third-order valence-corrected chi connectivity index (χ3v) is 4.32. The summed E-state index contributed by atoms with van der Waals surface area (Å²) in [5.41, 5.74) is 0. The minimum Gasteiger partial charge on any atom is -0.475 e. The zero-order valence-corrected chi connectivity index (χ0v) is 11.9. The molecule has 0 aliphatic carbocycles. The lowest BCUT2D eigenvalue weighted by Gasteiger charge is -2.02. The van der Waals surface area contributed by atoms with Gasteiger partial charge in [-0.25, -0.2) is 13.2 Å². The quantitative estimate of drug-likeness (QED) is 0.858. The van der Waals surface area contributed by atoms with Crippen molar-refractivity contribution in [2.75, 3.05) is 4.72 Å². The molecule has 19 heavy (non-hydrogen) atoms. The maximum Gasteiger partial charge on any atom is 0.371 e. The molecule has 0 aliphatic rings. The van der Waals surface area contributed by atoms with Gasteiger partial charge in [0.05, 0.1) is 0 Å². The van der Waals surface area contributed by atoms with Gasteiger partial charge in [0.15, 0.2) is 10.5 Å². The molecule has 2 aromatic heterocycles. The van der Waals surface area contributed by atoms with Crippen molar-refractivity contribution in [2.24, 2.45) is 7.05 Å². The Morgan fingerprint density at radius 3 is 2.74 bits per heavy atom. The molecule has 2 rings (SSSR count).